The highest BCUT2D eigenvalue weighted by Crippen LogP contribution is 2.26. The Bertz CT molecular complexity index is 1470. The molecule has 0 radical (unpaired) electrons. The number of nitrogens with zero attached hydrogens (tertiary/aromatic N) is 5. The highest BCUT2D eigenvalue weighted by atomic mass is 16.5. The van der Waals surface area contributed by atoms with Gasteiger partial charge in [-0.1, -0.05) is 18.2 Å². The Morgan fingerprint density at radius 2 is 1.92 bits per heavy atom. The van der Waals surface area contributed by atoms with Gasteiger partial charge in [0.15, 0.2) is 0 Å². The number of hydrogen-bond donors (Lipinski definition) is 1. The van der Waals surface area contributed by atoms with Crippen LogP contribution in [0.1, 0.15) is 34.3 Å². The van der Waals surface area contributed by atoms with Crippen molar-refractivity contribution in [3.63, 3.8) is 0 Å². The average Bonchev–Trinajstić information content (AvgIpc) is 3.44. The Morgan fingerprint density at radius 3 is 2.73 bits per heavy atom. The standard InChI is InChI=1S/C29H28N6O2/c1-20-6-7-26(33-29(36)23-5-3-4-22(12-23)21(2)15-30)14-28(20)35-19-25(17-32-35)24-13-27(18-31-16-24)34-8-10-37-11-9-34/h3-7,12-14,16-19,21H,8-11H2,1-2H3,(H,33,36). The van der Waals surface area contributed by atoms with Gasteiger partial charge in [0.1, 0.15) is 0 Å². The second-order valence-corrected chi connectivity index (χ2v) is 9.14. The van der Waals surface area contributed by atoms with E-state index < -0.39 is 0 Å². The van der Waals surface area contributed by atoms with Crippen LogP contribution in [0.5, 0.6) is 0 Å². The van der Waals surface area contributed by atoms with Gasteiger partial charge in [0, 0.05) is 47.9 Å². The first-order chi connectivity index (χ1) is 18.0. The summed E-state index contributed by atoms with van der Waals surface area (Å²) in [6.45, 7) is 6.97. The molecule has 5 rings (SSSR count). The number of aromatic nitrogens is 3. The maximum absolute atomic E-state index is 12.9. The summed E-state index contributed by atoms with van der Waals surface area (Å²) in [6, 6.07) is 17.2. The van der Waals surface area contributed by atoms with Crippen LogP contribution in [0.3, 0.4) is 0 Å². The van der Waals surface area contributed by atoms with Crippen LogP contribution in [-0.2, 0) is 4.74 Å². The number of aryl methyl sites for hydroxylation is 1. The molecular weight excluding hydrogens is 464 g/mol. The lowest BCUT2D eigenvalue weighted by Crippen LogP contribution is -2.36. The molecule has 8 heteroatoms. The fraction of sp³-hybridized carbons (Fsp3) is 0.241. The van der Waals surface area contributed by atoms with Crippen molar-refractivity contribution < 1.29 is 9.53 Å². The number of amides is 1. The van der Waals surface area contributed by atoms with Crippen LogP contribution in [0, 0.1) is 18.3 Å². The van der Waals surface area contributed by atoms with Gasteiger partial charge in [-0.15, -0.1) is 0 Å². The third-order valence-corrected chi connectivity index (χ3v) is 6.57. The Morgan fingerprint density at radius 1 is 1.08 bits per heavy atom. The second kappa shape index (κ2) is 10.6. The summed E-state index contributed by atoms with van der Waals surface area (Å²) in [5.41, 5.74) is 6.90. The van der Waals surface area contributed by atoms with Gasteiger partial charge >= 0.3 is 0 Å². The molecule has 1 N–H and O–H groups in total. The smallest absolute Gasteiger partial charge is 0.255 e. The van der Waals surface area contributed by atoms with E-state index >= 15 is 0 Å². The van der Waals surface area contributed by atoms with Crippen LogP contribution in [0.15, 0.2) is 73.3 Å². The number of carbonyl (C=O) groups excluding carboxylic acids is 1. The van der Waals surface area contributed by atoms with E-state index in [-0.39, 0.29) is 11.8 Å². The number of pyridine rings is 1. The number of carbonyl (C=O) groups is 1. The summed E-state index contributed by atoms with van der Waals surface area (Å²) >= 11 is 0. The first-order valence-corrected chi connectivity index (χ1v) is 12.3. The third kappa shape index (κ3) is 5.37. The molecular formula is C29H28N6O2. The molecule has 186 valence electrons. The van der Waals surface area contributed by atoms with Crippen molar-refractivity contribution in [3.8, 4) is 22.9 Å². The molecule has 1 fully saturated rings. The zero-order valence-electron chi connectivity index (χ0n) is 20.9. The van der Waals surface area contributed by atoms with Crippen LogP contribution >= 0.6 is 0 Å². The lowest BCUT2D eigenvalue weighted by Gasteiger charge is -2.28. The first kappa shape index (κ1) is 24.2. The summed E-state index contributed by atoms with van der Waals surface area (Å²) in [4.78, 5) is 19.7. The van der Waals surface area contributed by atoms with Crippen LogP contribution in [0.25, 0.3) is 16.8 Å². The largest absolute Gasteiger partial charge is 0.378 e. The number of nitrogens with one attached hydrogen (secondary N) is 1. The topological polar surface area (TPSA) is 96.1 Å². The summed E-state index contributed by atoms with van der Waals surface area (Å²) in [5, 5.41) is 16.8. The van der Waals surface area contributed by atoms with E-state index in [0.717, 1.165) is 59.9 Å². The monoisotopic (exact) mass is 492 g/mol. The minimum Gasteiger partial charge on any atom is -0.378 e. The molecule has 0 spiro atoms. The highest BCUT2D eigenvalue weighted by molar-refractivity contribution is 6.04. The normalized spacial score (nSPS) is 14.1. The molecule has 1 saturated heterocycles. The molecule has 2 aromatic heterocycles. The maximum atomic E-state index is 12.9. The minimum atomic E-state index is -0.280. The van der Waals surface area contributed by atoms with Crippen molar-refractivity contribution in [2.45, 2.75) is 19.8 Å². The van der Waals surface area contributed by atoms with Gasteiger partial charge in [-0.25, -0.2) is 4.68 Å². The molecule has 1 atom stereocenters. The summed E-state index contributed by atoms with van der Waals surface area (Å²) in [6.07, 6.45) is 7.52. The van der Waals surface area contributed by atoms with E-state index in [1.807, 2.05) is 67.6 Å². The second-order valence-electron chi connectivity index (χ2n) is 9.14. The zero-order valence-corrected chi connectivity index (χ0v) is 20.9. The molecule has 3 heterocycles. The molecule has 4 aromatic rings. The SMILES string of the molecule is Cc1ccc(NC(=O)c2cccc(C(C)C#N)c2)cc1-n1cc(-c2cncc(N3CCOCC3)c2)cn1. The number of morpholine rings is 1. The number of anilines is 2. The van der Waals surface area contributed by atoms with E-state index in [0.29, 0.717) is 11.3 Å². The molecule has 1 aliphatic heterocycles. The molecule has 2 aromatic carbocycles. The number of benzene rings is 2. The van der Waals surface area contributed by atoms with Crippen molar-refractivity contribution in [2.24, 2.45) is 0 Å². The molecule has 0 saturated carbocycles. The lowest BCUT2D eigenvalue weighted by molar-refractivity contribution is 0.102. The Hall–Kier alpha value is -4.48. The number of hydrogen-bond acceptors (Lipinski definition) is 6. The fourth-order valence-corrected chi connectivity index (χ4v) is 4.34. The van der Waals surface area contributed by atoms with E-state index in [1.165, 1.54) is 0 Å². The average molecular weight is 493 g/mol. The van der Waals surface area contributed by atoms with Gasteiger partial charge in [0.05, 0.1) is 49.0 Å². The van der Waals surface area contributed by atoms with Gasteiger partial charge < -0.3 is 15.0 Å². The Kier molecular flexibility index (Phi) is 6.97. The summed E-state index contributed by atoms with van der Waals surface area (Å²) < 4.78 is 7.28. The van der Waals surface area contributed by atoms with E-state index in [1.54, 1.807) is 18.2 Å². The van der Waals surface area contributed by atoms with Crippen molar-refractivity contribution in [1.82, 2.24) is 14.8 Å². The zero-order chi connectivity index (χ0) is 25.8. The predicted molar refractivity (Wildman–Crippen MR) is 143 cm³/mol. The third-order valence-electron chi connectivity index (χ3n) is 6.57. The molecule has 0 bridgehead atoms. The van der Waals surface area contributed by atoms with Crippen LogP contribution in [-0.4, -0.2) is 47.0 Å². The van der Waals surface area contributed by atoms with Crippen LogP contribution in [0.2, 0.25) is 0 Å². The molecule has 1 unspecified atom stereocenters. The van der Waals surface area contributed by atoms with Gasteiger partial charge in [-0.2, -0.15) is 10.4 Å². The molecule has 1 aliphatic rings. The van der Waals surface area contributed by atoms with Gasteiger partial charge in [-0.3, -0.25) is 9.78 Å². The molecule has 8 nitrogen and oxygen atoms in total. The van der Waals surface area contributed by atoms with Crippen molar-refractivity contribution in [1.29, 1.82) is 5.26 Å². The summed E-state index contributed by atoms with van der Waals surface area (Å²) in [7, 11) is 0. The Labute approximate surface area is 216 Å². The number of nitriles is 1. The molecule has 0 aliphatic carbocycles. The van der Waals surface area contributed by atoms with Crippen molar-refractivity contribution in [3.05, 3.63) is 90.0 Å². The number of rotatable bonds is 6. The molecule has 37 heavy (non-hydrogen) atoms. The Balaban J connectivity index is 1.36. The highest BCUT2D eigenvalue weighted by Gasteiger charge is 2.14. The fourth-order valence-electron chi connectivity index (χ4n) is 4.34. The lowest BCUT2D eigenvalue weighted by atomic mass is 10.0. The van der Waals surface area contributed by atoms with Crippen molar-refractivity contribution in [2.75, 3.05) is 36.5 Å². The van der Waals surface area contributed by atoms with Crippen molar-refractivity contribution >= 4 is 17.3 Å². The number of ether oxygens (including phenoxy) is 1. The van der Waals surface area contributed by atoms with E-state index in [2.05, 4.69) is 32.4 Å². The van der Waals surface area contributed by atoms with E-state index in [9.17, 15) is 10.1 Å². The minimum absolute atomic E-state index is 0.228. The van der Waals surface area contributed by atoms with Gasteiger partial charge in [0.2, 0.25) is 0 Å². The van der Waals surface area contributed by atoms with Crippen LogP contribution in [0.4, 0.5) is 11.4 Å². The first-order valence-electron chi connectivity index (χ1n) is 12.3. The summed E-state index contributed by atoms with van der Waals surface area (Å²) in [5.74, 6) is -0.508. The van der Waals surface area contributed by atoms with Gasteiger partial charge in [0.25, 0.3) is 5.91 Å². The predicted octanol–water partition coefficient (Wildman–Crippen LogP) is 4.96. The quantitative estimate of drug-likeness (QED) is 0.409. The molecule has 1 amide bonds. The van der Waals surface area contributed by atoms with E-state index in [4.69, 9.17) is 4.74 Å². The van der Waals surface area contributed by atoms with Gasteiger partial charge in [-0.05, 0) is 55.3 Å². The van der Waals surface area contributed by atoms with Crippen LogP contribution < -0.4 is 10.2 Å². The maximum Gasteiger partial charge on any atom is 0.255 e.